The van der Waals surface area contributed by atoms with Crippen molar-refractivity contribution in [3.63, 3.8) is 0 Å². The van der Waals surface area contributed by atoms with Crippen LogP contribution in [0, 0.1) is 0 Å². The van der Waals surface area contributed by atoms with Gasteiger partial charge in [-0.15, -0.1) is 0 Å². The second-order valence-electron chi connectivity index (χ2n) is 6.07. The molecule has 4 rings (SSSR count). The molecule has 2 aromatic heterocycles. The number of aromatic amines is 1. The molecule has 8 nitrogen and oxygen atoms in total. The maximum absolute atomic E-state index is 12.5. The molecule has 148 valence electrons. The Morgan fingerprint density at radius 1 is 1.31 bits per heavy atom. The average Bonchev–Trinajstić information content (AvgIpc) is 3.39. The zero-order chi connectivity index (χ0) is 20.5. The van der Waals surface area contributed by atoms with Gasteiger partial charge in [0.05, 0.1) is 23.0 Å². The monoisotopic (exact) mass is 429 g/mol. The number of nitrogens with zero attached hydrogens (tertiary/aromatic N) is 2. The molecule has 1 unspecified atom stereocenters. The number of carbonyl (C=O) groups is 3. The Hall–Kier alpha value is -2.98. The molecule has 1 aliphatic heterocycles. The van der Waals surface area contributed by atoms with Crippen molar-refractivity contribution in [2.45, 2.75) is 23.2 Å². The van der Waals surface area contributed by atoms with E-state index in [0.29, 0.717) is 16.0 Å². The highest BCUT2D eigenvalue weighted by atomic mass is 32.2. The number of amides is 2. The lowest BCUT2D eigenvalue weighted by Gasteiger charge is -2.18. The molecule has 2 amide bonds. The van der Waals surface area contributed by atoms with E-state index in [1.54, 1.807) is 12.1 Å². The Bertz CT molecular complexity index is 1120. The van der Waals surface area contributed by atoms with Crippen molar-refractivity contribution in [1.29, 1.82) is 0 Å². The summed E-state index contributed by atoms with van der Waals surface area (Å²) in [7, 11) is 1.21. The minimum Gasteiger partial charge on any atom is -0.467 e. The molecular formula is C19H15N3O5S2. The largest absolute Gasteiger partial charge is 0.467 e. The molecule has 3 aromatic rings. The van der Waals surface area contributed by atoms with Gasteiger partial charge in [0, 0.05) is 6.08 Å². The second kappa shape index (κ2) is 7.80. The van der Waals surface area contributed by atoms with Gasteiger partial charge in [0.1, 0.15) is 11.8 Å². The molecule has 0 radical (unpaired) electrons. The summed E-state index contributed by atoms with van der Waals surface area (Å²) < 4.78 is 10.3. The smallest absolute Gasteiger partial charge is 0.328 e. The molecular weight excluding hydrogens is 414 g/mol. The van der Waals surface area contributed by atoms with Crippen molar-refractivity contribution < 1.29 is 23.5 Å². The van der Waals surface area contributed by atoms with Crippen LogP contribution in [0.2, 0.25) is 0 Å². The molecule has 0 spiro atoms. The maximum atomic E-state index is 12.5. The Morgan fingerprint density at radius 2 is 2.10 bits per heavy atom. The molecule has 1 atom stereocenters. The van der Waals surface area contributed by atoms with E-state index in [0.717, 1.165) is 27.7 Å². The number of fused-ring (bicyclic) bond motifs is 1. The minimum atomic E-state index is -0.991. The van der Waals surface area contributed by atoms with Crippen LogP contribution < -0.4 is 0 Å². The predicted octanol–water partition coefficient (Wildman–Crippen LogP) is 3.90. The van der Waals surface area contributed by atoms with Crippen molar-refractivity contribution in [3.05, 3.63) is 47.1 Å². The number of hydrogen-bond acceptors (Lipinski definition) is 8. The minimum absolute atomic E-state index is 0.181. The summed E-state index contributed by atoms with van der Waals surface area (Å²) >= 11 is 2.07. The molecule has 1 N–H and O–H groups in total. The molecule has 1 fully saturated rings. The number of esters is 1. The van der Waals surface area contributed by atoms with Crippen molar-refractivity contribution in [2.24, 2.45) is 0 Å². The van der Waals surface area contributed by atoms with E-state index in [2.05, 4.69) is 14.7 Å². The summed E-state index contributed by atoms with van der Waals surface area (Å²) in [4.78, 5) is 45.1. The van der Waals surface area contributed by atoms with Crippen LogP contribution in [0.25, 0.3) is 17.1 Å². The number of carbonyl (C=O) groups excluding carboxylic acids is 3. The Morgan fingerprint density at radius 3 is 2.86 bits per heavy atom. The molecule has 0 saturated carbocycles. The molecule has 1 saturated heterocycles. The highest BCUT2D eigenvalue weighted by Gasteiger charge is 2.41. The van der Waals surface area contributed by atoms with E-state index in [1.165, 1.54) is 31.9 Å². The molecule has 1 aromatic carbocycles. The van der Waals surface area contributed by atoms with Gasteiger partial charge in [-0.1, -0.05) is 12.1 Å². The van der Waals surface area contributed by atoms with Crippen molar-refractivity contribution >= 4 is 57.7 Å². The number of H-pyrrole nitrogens is 1. The van der Waals surface area contributed by atoms with Crippen molar-refractivity contribution in [3.8, 4) is 0 Å². The zero-order valence-electron chi connectivity index (χ0n) is 15.4. The van der Waals surface area contributed by atoms with E-state index in [-0.39, 0.29) is 4.91 Å². The Labute approximate surface area is 173 Å². The SMILES string of the molecule is COC(=O)C(C)N1C(=O)S/C(=C/c2ccc(Sc3nc4ccccc4[nH]3)o2)C1=O. The number of ether oxygens (including phenoxy) is 1. The maximum Gasteiger partial charge on any atom is 0.328 e. The highest BCUT2D eigenvalue weighted by Crippen LogP contribution is 2.35. The van der Waals surface area contributed by atoms with Crippen LogP contribution in [0.4, 0.5) is 4.79 Å². The number of imidazole rings is 1. The van der Waals surface area contributed by atoms with Crippen molar-refractivity contribution in [2.75, 3.05) is 7.11 Å². The number of rotatable bonds is 5. The fourth-order valence-electron chi connectivity index (χ4n) is 2.76. The molecule has 1 aliphatic rings. The van der Waals surface area contributed by atoms with Crippen LogP contribution >= 0.6 is 23.5 Å². The third-order valence-corrected chi connectivity index (χ3v) is 5.88. The predicted molar refractivity (Wildman–Crippen MR) is 108 cm³/mol. The number of aromatic nitrogens is 2. The van der Waals surface area contributed by atoms with Gasteiger partial charge in [-0.3, -0.25) is 14.5 Å². The fourth-order valence-corrected chi connectivity index (χ4v) is 4.42. The number of nitrogens with one attached hydrogen (secondary N) is 1. The van der Waals surface area contributed by atoms with Crippen LogP contribution in [-0.4, -0.2) is 45.1 Å². The Balaban J connectivity index is 1.51. The number of para-hydroxylation sites is 2. The first-order chi connectivity index (χ1) is 14.0. The van der Waals surface area contributed by atoms with E-state index >= 15 is 0 Å². The van der Waals surface area contributed by atoms with Gasteiger partial charge in [-0.05, 0) is 54.7 Å². The molecule has 29 heavy (non-hydrogen) atoms. The second-order valence-corrected chi connectivity index (χ2v) is 8.06. The van der Waals surface area contributed by atoms with E-state index in [9.17, 15) is 14.4 Å². The van der Waals surface area contributed by atoms with Gasteiger partial charge in [0.2, 0.25) is 0 Å². The quantitative estimate of drug-likeness (QED) is 0.481. The van der Waals surface area contributed by atoms with Crippen LogP contribution in [0.1, 0.15) is 12.7 Å². The summed E-state index contributed by atoms with van der Waals surface area (Å²) in [5.41, 5.74) is 1.78. The standard InChI is InChI=1S/C19H15N3O5S2/c1-10(17(24)26-2)22-16(23)14(28-19(22)25)9-11-7-8-15(27-11)29-18-20-12-5-3-4-6-13(12)21-18/h3-10H,1-2H3,(H,20,21)/b14-9+. The van der Waals surface area contributed by atoms with Gasteiger partial charge in [-0.2, -0.15) is 0 Å². The normalized spacial score (nSPS) is 16.8. The van der Waals surface area contributed by atoms with Gasteiger partial charge in [0.25, 0.3) is 11.1 Å². The number of furan rings is 1. The summed E-state index contributed by atoms with van der Waals surface area (Å²) in [5, 5.41) is 0.736. The topological polar surface area (TPSA) is 106 Å². The first-order valence-electron chi connectivity index (χ1n) is 8.53. The molecule has 0 aliphatic carbocycles. The lowest BCUT2D eigenvalue weighted by atomic mass is 10.3. The van der Waals surface area contributed by atoms with Crippen LogP contribution in [0.3, 0.4) is 0 Å². The average molecular weight is 429 g/mol. The summed E-state index contributed by atoms with van der Waals surface area (Å²) in [6.45, 7) is 1.44. The third-order valence-electron chi connectivity index (χ3n) is 4.19. The summed E-state index contributed by atoms with van der Waals surface area (Å²) in [6, 6.07) is 10.1. The molecule has 3 heterocycles. The van der Waals surface area contributed by atoms with E-state index in [4.69, 9.17) is 4.42 Å². The third kappa shape index (κ3) is 3.81. The number of methoxy groups -OCH3 is 1. The van der Waals surface area contributed by atoms with Gasteiger partial charge < -0.3 is 14.1 Å². The first kappa shape index (κ1) is 19.3. The summed E-state index contributed by atoms with van der Waals surface area (Å²) in [5.74, 6) is -0.795. The number of imide groups is 1. The lowest BCUT2D eigenvalue weighted by Crippen LogP contribution is -2.42. The Kier molecular flexibility index (Phi) is 5.20. The van der Waals surface area contributed by atoms with E-state index < -0.39 is 23.2 Å². The number of benzene rings is 1. The van der Waals surface area contributed by atoms with Crippen LogP contribution in [0.15, 0.2) is 56.0 Å². The van der Waals surface area contributed by atoms with Crippen LogP contribution in [-0.2, 0) is 14.3 Å². The highest BCUT2D eigenvalue weighted by molar-refractivity contribution is 8.18. The lowest BCUT2D eigenvalue weighted by molar-refractivity contribution is -0.148. The van der Waals surface area contributed by atoms with Gasteiger partial charge in [0.15, 0.2) is 10.2 Å². The number of thioether (sulfide) groups is 1. The number of hydrogen-bond donors (Lipinski definition) is 1. The fraction of sp³-hybridized carbons (Fsp3) is 0.158. The zero-order valence-corrected chi connectivity index (χ0v) is 17.0. The van der Waals surface area contributed by atoms with Gasteiger partial charge >= 0.3 is 5.97 Å². The van der Waals surface area contributed by atoms with Crippen LogP contribution in [0.5, 0.6) is 0 Å². The molecule has 10 heteroatoms. The first-order valence-corrected chi connectivity index (χ1v) is 10.2. The summed E-state index contributed by atoms with van der Waals surface area (Å²) in [6.07, 6.45) is 1.48. The van der Waals surface area contributed by atoms with Crippen molar-refractivity contribution in [1.82, 2.24) is 14.9 Å². The van der Waals surface area contributed by atoms with Gasteiger partial charge in [-0.25, -0.2) is 9.78 Å². The molecule has 0 bridgehead atoms. The van der Waals surface area contributed by atoms with E-state index in [1.807, 2.05) is 24.3 Å².